The predicted octanol–water partition coefficient (Wildman–Crippen LogP) is 4.08. The lowest BCUT2D eigenvalue weighted by Gasteiger charge is -2.10. The molecule has 0 radical (unpaired) electrons. The van der Waals surface area contributed by atoms with Crippen LogP contribution in [0.15, 0.2) is 47.4 Å². The van der Waals surface area contributed by atoms with Gasteiger partial charge >= 0.3 is 0 Å². The first-order valence-corrected chi connectivity index (χ1v) is 6.99. The van der Waals surface area contributed by atoms with Crippen molar-refractivity contribution in [1.29, 1.82) is 0 Å². The Labute approximate surface area is 110 Å². The molecule has 0 saturated carbocycles. The second-order valence-electron chi connectivity index (χ2n) is 4.13. The van der Waals surface area contributed by atoms with E-state index >= 15 is 0 Å². The van der Waals surface area contributed by atoms with E-state index in [1.807, 2.05) is 48.2 Å². The van der Waals surface area contributed by atoms with Crippen LogP contribution < -0.4 is 5.73 Å². The second-order valence-corrected chi connectivity index (χ2v) is 5.43. The van der Waals surface area contributed by atoms with Crippen molar-refractivity contribution >= 4 is 39.3 Å². The molecule has 18 heavy (non-hydrogen) atoms. The average Bonchev–Trinajstić information content (AvgIpc) is 2.39. The molecule has 3 aromatic rings. The topological polar surface area (TPSA) is 38.9 Å². The molecular formula is C15H14N2S. The molecule has 0 unspecified atom stereocenters. The van der Waals surface area contributed by atoms with E-state index in [1.54, 1.807) is 0 Å². The molecule has 0 saturated heterocycles. The van der Waals surface area contributed by atoms with Gasteiger partial charge in [0.25, 0.3) is 0 Å². The van der Waals surface area contributed by atoms with Crippen molar-refractivity contribution in [3.63, 3.8) is 0 Å². The number of nitrogen functional groups attached to an aromatic ring is 1. The number of fused-ring (bicyclic) bond motifs is 2. The van der Waals surface area contributed by atoms with E-state index in [2.05, 4.69) is 18.0 Å². The van der Waals surface area contributed by atoms with Gasteiger partial charge in [0.05, 0.1) is 16.7 Å². The first-order valence-electron chi connectivity index (χ1n) is 6.01. The summed E-state index contributed by atoms with van der Waals surface area (Å²) in [5, 5.41) is 2.12. The molecule has 1 aromatic heterocycles. The zero-order valence-corrected chi connectivity index (χ0v) is 11.0. The van der Waals surface area contributed by atoms with E-state index in [0.717, 1.165) is 33.2 Å². The summed E-state index contributed by atoms with van der Waals surface area (Å²) in [4.78, 5) is 5.90. The Balaban J connectivity index is 2.45. The minimum atomic E-state index is 0.840. The maximum absolute atomic E-state index is 6.33. The Hall–Kier alpha value is -1.74. The molecule has 3 heteroatoms. The van der Waals surface area contributed by atoms with Crippen molar-refractivity contribution in [2.45, 2.75) is 11.8 Å². The highest BCUT2D eigenvalue weighted by molar-refractivity contribution is 7.99. The zero-order valence-electron chi connectivity index (χ0n) is 10.2. The monoisotopic (exact) mass is 254 g/mol. The molecule has 0 aliphatic carbocycles. The van der Waals surface area contributed by atoms with E-state index < -0.39 is 0 Å². The van der Waals surface area contributed by atoms with Crippen molar-refractivity contribution < 1.29 is 0 Å². The van der Waals surface area contributed by atoms with Crippen LogP contribution in [0.25, 0.3) is 21.8 Å². The number of thioether (sulfide) groups is 1. The predicted molar refractivity (Wildman–Crippen MR) is 80.1 cm³/mol. The quantitative estimate of drug-likeness (QED) is 0.553. The minimum absolute atomic E-state index is 0.840. The highest BCUT2D eigenvalue weighted by Gasteiger charge is 2.09. The van der Waals surface area contributed by atoms with Crippen LogP contribution >= 0.6 is 11.8 Å². The van der Waals surface area contributed by atoms with Crippen LogP contribution in [-0.2, 0) is 0 Å². The lowest BCUT2D eigenvalue weighted by Crippen LogP contribution is -1.94. The third-order valence-electron chi connectivity index (χ3n) is 3.01. The summed E-state index contributed by atoms with van der Waals surface area (Å²) in [6.07, 6.45) is 0. The van der Waals surface area contributed by atoms with Crippen LogP contribution in [0, 0.1) is 0 Å². The van der Waals surface area contributed by atoms with Crippen LogP contribution in [0.2, 0.25) is 0 Å². The molecule has 0 amide bonds. The number of rotatable bonds is 2. The molecule has 2 N–H and O–H groups in total. The molecule has 0 spiro atoms. The molecule has 0 atom stereocenters. The smallest absolute Gasteiger partial charge is 0.0741 e. The van der Waals surface area contributed by atoms with Gasteiger partial charge in [0.15, 0.2) is 0 Å². The third kappa shape index (κ3) is 1.71. The fourth-order valence-electron chi connectivity index (χ4n) is 2.22. The number of nitrogens with zero attached hydrogens (tertiary/aromatic N) is 1. The molecule has 0 bridgehead atoms. The summed E-state index contributed by atoms with van der Waals surface area (Å²) in [6, 6.07) is 14.2. The van der Waals surface area contributed by atoms with E-state index in [4.69, 9.17) is 5.73 Å². The highest BCUT2D eigenvalue weighted by atomic mass is 32.2. The van der Waals surface area contributed by atoms with Crippen LogP contribution in [0.1, 0.15) is 6.92 Å². The Kier molecular flexibility index (Phi) is 2.84. The van der Waals surface area contributed by atoms with Crippen molar-refractivity contribution in [2.75, 3.05) is 11.5 Å². The minimum Gasteiger partial charge on any atom is -0.398 e. The molecule has 0 aliphatic heterocycles. The number of hydrogen-bond donors (Lipinski definition) is 1. The Morgan fingerprint density at radius 1 is 1.06 bits per heavy atom. The number of hydrogen-bond acceptors (Lipinski definition) is 3. The molecule has 90 valence electrons. The van der Waals surface area contributed by atoms with Gasteiger partial charge in [-0.1, -0.05) is 31.2 Å². The maximum atomic E-state index is 6.33. The first kappa shape index (κ1) is 11.4. The van der Waals surface area contributed by atoms with Crippen molar-refractivity contribution in [3.8, 4) is 0 Å². The van der Waals surface area contributed by atoms with E-state index in [0.29, 0.717) is 0 Å². The normalized spacial score (nSPS) is 11.2. The largest absolute Gasteiger partial charge is 0.398 e. The Morgan fingerprint density at radius 2 is 1.83 bits per heavy atom. The van der Waals surface area contributed by atoms with Crippen LogP contribution in [0.5, 0.6) is 0 Å². The van der Waals surface area contributed by atoms with Gasteiger partial charge in [-0.2, -0.15) is 0 Å². The van der Waals surface area contributed by atoms with Gasteiger partial charge in [0.1, 0.15) is 0 Å². The number of nitrogens with two attached hydrogens (primary N) is 1. The zero-order chi connectivity index (χ0) is 12.5. The van der Waals surface area contributed by atoms with E-state index in [9.17, 15) is 0 Å². The van der Waals surface area contributed by atoms with Crippen molar-refractivity contribution in [1.82, 2.24) is 4.98 Å². The van der Waals surface area contributed by atoms with Crippen LogP contribution in [-0.4, -0.2) is 10.7 Å². The van der Waals surface area contributed by atoms with Crippen molar-refractivity contribution in [2.24, 2.45) is 0 Å². The molecule has 0 aliphatic rings. The summed E-state index contributed by atoms with van der Waals surface area (Å²) >= 11 is 1.81. The van der Waals surface area contributed by atoms with Gasteiger partial charge in [-0.05, 0) is 24.0 Å². The molecule has 2 aromatic carbocycles. The Bertz CT molecular complexity index is 722. The number of aromatic nitrogens is 1. The van der Waals surface area contributed by atoms with Gasteiger partial charge in [-0.25, -0.2) is 4.98 Å². The lowest BCUT2D eigenvalue weighted by molar-refractivity contribution is 1.43. The summed E-state index contributed by atoms with van der Waals surface area (Å²) in [7, 11) is 0. The molecular weight excluding hydrogens is 240 g/mol. The van der Waals surface area contributed by atoms with Crippen LogP contribution in [0.4, 0.5) is 5.69 Å². The molecule has 0 fully saturated rings. The average molecular weight is 254 g/mol. The van der Waals surface area contributed by atoms with Crippen molar-refractivity contribution in [3.05, 3.63) is 42.5 Å². The molecule has 1 heterocycles. The lowest BCUT2D eigenvalue weighted by atomic mass is 10.1. The fraction of sp³-hybridized carbons (Fsp3) is 0.133. The summed E-state index contributed by atoms with van der Waals surface area (Å²) in [5.74, 6) is 1.03. The van der Waals surface area contributed by atoms with Crippen LogP contribution in [0.3, 0.4) is 0 Å². The van der Waals surface area contributed by atoms with Gasteiger partial charge in [-0.15, -0.1) is 11.8 Å². The summed E-state index contributed by atoms with van der Waals surface area (Å²) < 4.78 is 0. The first-order chi connectivity index (χ1) is 8.81. The van der Waals surface area contributed by atoms with E-state index in [-0.39, 0.29) is 0 Å². The van der Waals surface area contributed by atoms with Gasteiger partial charge < -0.3 is 5.73 Å². The second kappa shape index (κ2) is 4.50. The standard InChI is InChI=1S/C15H14N2S/c1-2-18-13-9-5-8-12-14(13)15(16)10-6-3-4-7-11(10)17-12/h3-9H,2H2,1H3,(H2,16,17). The van der Waals surface area contributed by atoms with Gasteiger partial charge in [0, 0.05) is 15.7 Å². The summed E-state index contributed by atoms with van der Waals surface area (Å²) in [5.41, 5.74) is 9.11. The van der Waals surface area contributed by atoms with Gasteiger partial charge in [0.2, 0.25) is 0 Å². The number of pyridine rings is 1. The SMILES string of the molecule is CCSc1cccc2nc3ccccc3c(N)c12. The number of anilines is 1. The third-order valence-corrected chi connectivity index (χ3v) is 3.95. The Morgan fingerprint density at radius 3 is 2.67 bits per heavy atom. The number of para-hydroxylation sites is 1. The molecule has 3 rings (SSSR count). The van der Waals surface area contributed by atoms with Gasteiger partial charge in [-0.3, -0.25) is 0 Å². The molecule has 2 nitrogen and oxygen atoms in total. The van der Waals surface area contributed by atoms with E-state index in [1.165, 1.54) is 4.90 Å². The number of benzene rings is 2. The maximum Gasteiger partial charge on any atom is 0.0741 e. The fourth-order valence-corrected chi connectivity index (χ4v) is 3.07. The highest BCUT2D eigenvalue weighted by Crippen LogP contribution is 2.35. The summed E-state index contributed by atoms with van der Waals surface area (Å²) in [6.45, 7) is 2.15.